The first kappa shape index (κ1) is 16.7. The molecule has 0 aliphatic rings. The van der Waals surface area contributed by atoms with Gasteiger partial charge in [-0.15, -0.1) is 0 Å². The van der Waals surface area contributed by atoms with Gasteiger partial charge in [-0.2, -0.15) is 4.37 Å². The topological polar surface area (TPSA) is 80.5 Å². The smallest absolute Gasteiger partial charge is 0.258 e. The summed E-state index contributed by atoms with van der Waals surface area (Å²) in [7, 11) is 0. The molecule has 114 valence electrons. The third-order valence-corrected chi connectivity index (χ3v) is 3.65. The standard InChI is InChI=1S/C13H24N4O2S/c1-5-17(7-8-19-6-2)13-10(11(14)16-20-13)12(18)15-9(3)4/h9H,5-8H2,1-4H3,(H2,14,16)(H,15,18). The van der Waals surface area contributed by atoms with Crippen molar-refractivity contribution in [1.29, 1.82) is 0 Å². The zero-order valence-corrected chi connectivity index (χ0v) is 13.4. The van der Waals surface area contributed by atoms with Crippen LogP contribution in [0.15, 0.2) is 0 Å². The number of hydrogen-bond donors (Lipinski definition) is 2. The molecule has 0 radical (unpaired) electrons. The van der Waals surface area contributed by atoms with Gasteiger partial charge in [0, 0.05) is 25.7 Å². The summed E-state index contributed by atoms with van der Waals surface area (Å²) in [5.41, 5.74) is 6.32. The number of nitrogens with zero attached hydrogens (tertiary/aromatic N) is 2. The molecule has 0 unspecified atom stereocenters. The molecule has 0 saturated carbocycles. The first-order chi connectivity index (χ1) is 9.51. The minimum absolute atomic E-state index is 0.0631. The van der Waals surface area contributed by atoms with Crippen molar-refractivity contribution in [2.75, 3.05) is 36.9 Å². The van der Waals surface area contributed by atoms with E-state index in [2.05, 4.69) is 14.6 Å². The van der Waals surface area contributed by atoms with Crippen molar-refractivity contribution in [2.45, 2.75) is 33.7 Å². The maximum Gasteiger partial charge on any atom is 0.258 e. The highest BCUT2D eigenvalue weighted by Gasteiger charge is 2.23. The number of nitrogens with two attached hydrogens (primary N) is 1. The number of rotatable bonds is 8. The van der Waals surface area contributed by atoms with Crippen LogP contribution in [0, 0.1) is 0 Å². The van der Waals surface area contributed by atoms with Gasteiger partial charge in [-0.25, -0.2) is 0 Å². The van der Waals surface area contributed by atoms with Crippen molar-refractivity contribution in [3.63, 3.8) is 0 Å². The summed E-state index contributed by atoms with van der Waals surface area (Å²) < 4.78 is 9.49. The van der Waals surface area contributed by atoms with Crippen molar-refractivity contribution in [2.24, 2.45) is 0 Å². The quantitative estimate of drug-likeness (QED) is 0.715. The molecule has 7 heteroatoms. The highest BCUT2D eigenvalue weighted by molar-refractivity contribution is 7.11. The summed E-state index contributed by atoms with van der Waals surface area (Å²) in [6.07, 6.45) is 0. The number of carbonyl (C=O) groups is 1. The Hall–Kier alpha value is -1.34. The number of likely N-dealkylation sites (N-methyl/N-ethyl adjacent to an activating group) is 1. The van der Waals surface area contributed by atoms with Gasteiger partial charge < -0.3 is 20.7 Å². The highest BCUT2D eigenvalue weighted by atomic mass is 32.1. The largest absolute Gasteiger partial charge is 0.382 e. The van der Waals surface area contributed by atoms with E-state index in [4.69, 9.17) is 10.5 Å². The summed E-state index contributed by atoms with van der Waals surface area (Å²) in [5.74, 6) is 0.120. The molecule has 0 bridgehead atoms. The summed E-state index contributed by atoms with van der Waals surface area (Å²) in [5, 5.41) is 3.67. The van der Waals surface area contributed by atoms with Crippen molar-refractivity contribution in [3.05, 3.63) is 5.56 Å². The van der Waals surface area contributed by atoms with Gasteiger partial charge >= 0.3 is 0 Å². The summed E-state index contributed by atoms with van der Waals surface area (Å²) in [6.45, 7) is 10.6. The van der Waals surface area contributed by atoms with Crippen LogP contribution in [0.3, 0.4) is 0 Å². The van der Waals surface area contributed by atoms with E-state index < -0.39 is 0 Å². The zero-order valence-electron chi connectivity index (χ0n) is 12.6. The molecule has 3 N–H and O–H groups in total. The Labute approximate surface area is 124 Å². The Kier molecular flexibility index (Phi) is 6.74. The monoisotopic (exact) mass is 300 g/mol. The minimum Gasteiger partial charge on any atom is -0.382 e. The zero-order chi connectivity index (χ0) is 15.1. The fraction of sp³-hybridized carbons (Fsp3) is 0.692. The lowest BCUT2D eigenvalue weighted by Crippen LogP contribution is -2.33. The van der Waals surface area contributed by atoms with Gasteiger partial charge in [0.2, 0.25) is 0 Å². The van der Waals surface area contributed by atoms with E-state index in [0.29, 0.717) is 25.3 Å². The number of ether oxygens (including phenoxy) is 1. The number of carbonyl (C=O) groups excluding carboxylic acids is 1. The number of amides is 1. The Morgan fingerprint density at radius 3 is 2.75 bits per heavy atom. The second-order valence-electron chi connectivity index (χ2n) is 4.65. The molecule has 20 heavy (non-hydrogen) atoms. The molecule has 0 aromatic carbocycles. The Balaban J connectivity index is 2.90. The SMILES string of the molecule is CCOCCN(CC)c1snc(N)c1C(=O)NC(C)C. The fourth-order valence-corrected chi connectivity index (χ4v) is 2.68. The second-order valence-corrected chi connectivity index (χ2v) is 5.40. The number of nitrogen functional groups attached to an aromatic ring is 1. The van der Waals surface area contributed by atoms with Crippen LogP contribution in [-0.2, 0) is 4.74 Å². The normalized spacial score (nSPS) is 10.8. The van der Waals surface area contributed by atoms with E-state index in [1.165, 1.54) is 11.5 Å². The molecule has 1 aromatic rings. The van der Waals surface area contributed by atoms with Crippen LogP contribution in [0.1, 0.15) is 38.1 Å². The molecular formula is C13H24N4O2S. The highest BCUT2D eigenvalue weighted by Crippen LogP contribution is 2.30. The molecule has 1 heterocycles. The predicted octanol–water partition coefficient (Wildman–Crippen LogP) is 1.73. The van der Waals surface area contributed by atoms with Gasteiger partial charge in [0.25, 0.3) is 5.91 Å². The number of nitrogens with one attached hydrogen (secondary N) is 1. The lowest BCUT2D eigenvalue weighted by Gasteiger charge is -2.22. The van der Waals surface area contributed by atoms with Gasteiger partial charge in [0.15, 0.2) is 5.82 Å². The van der Waals surface area contributed by atoms with Gasteiger partial charge in [-0.05, 0) is 39.2 Å². The molecule has 1 rings (SSSR count). The van der Waals surface area contributed by atoms with E-state index in [-0.39, 0.29) is 17.8 Å². The van der Waals surface area contributed by atoms with Crippen molar-refractivity contribution in [3.8, 4) is 0 Å². The van der Waals surface area contributed by atoms with E-state index in [0.717, 1.165) is 11.5 Å². The first-order valence-corrected chi connectivity index (χ1v) is 7.67. The summed E-state index contributed by atoms with van der Waals surface area (Å²) >= 11 is 1.26. The molecule has 0 saturated heterocycles. The summed E-state index contributed by atoms with van der Waals surface area (Å²) in [6, 6.07) is 0.0631. The van der Waals surface area contributed by atoms with Gasteiger partial charge in [-0.1, -0.05) is 0 Å². The Morgan fingerprint density at radius 1 is 1.50 bits per heavy atom. The minimum atomic E-state index is -0.170. The van der Waals surface area contributed by atoms with Gasteiger partial charge in [0.05, 0.1) is 6.61 Å². The molecule has 0 aliphatic heterocycles. The maximum absolute atomic E-state index is 12.2. The maximum atomic E-state index is 12.2. The van der Waals surface area contributed by atoms with Crippen molar-refractivity contribution >= 4 is 28.3 Å². The van der Waals surface area contributed by atoms with Crippen LogP contribution in [-0.4, -0.2) is 42.6 Å². The lowest BCUT2D eigenvalue weighted by molar-refractivity contribution is 0.0944. The first-order valence-electron chi connectivity index (χ1n) is 6.89. The molecule has 0 fully saturated rings. The molecule has 1 aromatic heterocycles. The van der Waals surface area contributed by atoms with Gasteiger partial charge in [0.1, 0.15) is 10.6 Å². The van der Waals surface area contributed by atoms with E-state index in [1.807, 2.05) is 27.7 Å². The van der Waals surface area contributed by atoms with Crippen LogP contribution in [0.5, 0.6) is 0 Å². The number of anilines is 2. The Bertz CT molecular complexity index is 434. The van der Waals surface area contributed by atoms with Crippen molar-refractivity contribution in [1.82, 2.24) is 9.69 Å². The van der Waals surface area contributed by atoms with Gasteiger partial charge in [-0.3, -0.25) is 4.79 Å². The average Bonchev–Trinajstić information content (AvgIpc) is 2.76. The molecule has 0 atom stereocenters. The van der Waals surface area contributed by atoms with Crippen LogP contribution < -0.4 is 16.0 Å². The van der Waals surface area contributed by atoms with Crippen LogP contribution in [0.25, 0.3) is 0 Å². The molecule has 0 aliphatic carbocycles. The van der Waals surface area contributed by atoms with Crippen LogP contribution >= 0.6 is 11.5 Å². The van der Waals surface area contributed by atoms with Crippen molar-refractivity contribution < 1.29 is 9.53 Å². The van der Waals surface area contributed by atoms with Crippen LogP contribution in [0.4, 0.5) is 10.8 Å². The van der Waals surface area contributed by atoms with E-state index in [9.17, 15) is 4.79 Å². The third kappa shape index (κ3) is 4.35. The van der Waals surface area contributed by atoms with E-state index >= 15 is 0 Å². The Morgan fingerprint density at radius 2 is 2.20 bits per heavy atom. The number of aromatic nitrogens is 1. The molecule has 0 spiro atoms. The second kappa shape index (κ2) is 8.06. The third-order valence-electron chi connectivity index (χ3n) is 2.73. The fourth-order valence-electron chi connectivity index (χ4n) is 1.78. The predicted molar refractivity (Wildman–Crippen MR) is 83.5 cm³/mol. The lowest BCUT2D eigenvalue weighted by atomic mass is 10.2. The average molecular weight is 300 g/mol. The van der Waals surface area contributed by atoms with E-state index in [1.54, 1.807) is 0 Å². The molecular weight excluding hydrogens is 276 g/mol. The number of hydrogen-bond acceptors (Lipinski definition) is 6. The molecule has 1 amide bonds. The van der Waals surface area contributed by atoms with Crippen LogP contribution in [0.2, 0.25) is 0 Å². The molecule has 6 nitrogen and oxygen atoms in total. The summed E-state index contributed by atoms with van der Waals surface area (Å²) in [4.78, 5) is 14.3.